The molecule has 0 aliphatic carbocycles. The van der Waals surface area contributed by atoms with Crippen molar-refractivity contribution in [2.45, 2.75) is 4.21 Å². The zero-order chi connectivity index (χ0) is 19.0. The molecule has 142 valence electrons. The van der Waals surface area contributed by atoms with Crippen LogP contribution >= 0.6 is 22.9 Å². The van der Waals surface area contributed by atoms with Crippen molar-refractivity contribution in [1.82, 2.24) is 9.88 Å². The highest BCUT2D eigenvalue weighted by Crippen LogP contribution is 2.31. The third-order valence-electron chi connectivity index (χ3n) is 4.58. The van der Waals surface area contributed by atoms with Gasteiger partial charge in [-0.3, -0.25) is 4.72 Å². The van der Waals surface area contributed by atoms with Crippen LogP contribution in [-0.2, 0) is 10.0 Å². The van der Waals surface area contributed by atoms with Crippen LogP contribution in [0.5, 0.6) is 0 Å². The van der Waals surface area contributed by atoms with Gasteiger partial charge in [0.15, 0.2) is 0 Å². The van der Waals surface area contributed by atoms with Crippen LogP contribution in [0.25, 0.3) is 10.8 Å². The maximum absolute atomic E-state index is 12.7. The van der Waals surface area contributed by atoms with Gasteiger partial charge < -0.3 is 9.80 Å². The van der Waals surface area contributed by atoms with Crippen LogP contribution in [0.4, 0.5) is 11.6 Å². The van der Waals surface area contributed by atoms with Crippen LogP contribution in [-0.4, -0.2) is 51.5 Å². The fourth-order valence-electron chi connectivity index (χ4n) is 3.12. The van der Waals surface area contributed by atoms with Crippen LogP contribution in [0.15, 0.2) is 46.7 Å². The molecule has 27 heavy (non-hydrogen) atoms. The van der Waals surface area contributed by atoms with Crippen LogP contribution in [0.1, 0.15) is 0 Å². The first-order valence-electron chi connectivity index (χ1n) is 8.54. The molecule has 1 fully saturated rings. The lowest BCUT2D eigenvalue weighted by Crippen LogP contribution is -2.45. The highest BCUT2D eigenvalue weighted by molar-refractivity contribution is 7.94. The summed E-state index contributed by atoms with van der Waals surface area (Å²) < 4.78 is 28.5. The molecule has 1 aliphatic heterocycles. The molecule has 1 aromatic carbocycles. The Morgan fingerprint density at radius 3 is 2.56 bits per heavy atom. The summed E-state index contributed by atoms with van der Waals surface area (Å²) in [6.45, 7) is 3.59. The second kappa shape index (κ2) is 7.27. The normalized spacial score (nSPS) is 16.0. The van der Waals surface area contributed by atoms with Crippen molar-refractivity contribution < 1.29 is 8.42 Å². The minimum absolute atomic E-state index is 0.170. The Balaban J connectivity index is 1.73. The molecular weight excluding hydrogens is 404 g/mol. The van der Waals surface area contributed by atoms with E-state index in [-0.39, 0.29) is 4.21 Å². The van der Waals surface area contributed by atoms with Crippen molar-refractivity contribution in [1.29, 1.82) is 0 Å². The first-order valence-corrected chi connectivity index (χ1v) is 11.2. The standard InChI is InChI=1S/C18H19ClN4O2S2/c1-22-8-10-23(11-9-22)18-14-5-3-2-4-13(14)12-16(20-18)21-27(24,25)17-7-6-15(19)26-17/h2-7,12H,8-11H2,1H3,(H,20,21). The van der Waals surface area contributed by atoms with Crippen molar-refractivity contribution in [3.63, 3.8) is 0 Å². The van der Waals surface area contributed by atoms with Crippen molar-refractivity contribution in [2.75, 3.05) is 42.8 Å². The summed E-state index contributed by atoms with van der Waals surface area (Å²) >= 11 is 6.91. The quantitative estimate of drug-likeness (QED) is 0.697. The van der Waals surface area contributed by atoms with E-state index < -0.39 is 10.0 Å². The van der Waals surface area contributed by atoms with E-state index in [1.165, 1.54) is 6.07 Å². The third-order valence-corrected chi connectivity index (χ3v) is 7.65. The van der Waals surface area contributed by atoms with Gasteiger partial charge in [0.25, 0.3) is 10.0 Å². The predicted octanol–water partition coefficient (Wildman–Crippen LogP) is 3.50. The van der Waals surface area contributed by atoms with Crippen LogP contribution in [0, 0.1) is 0 Å². The molecule has 0 saturated carbocycles. The van der Waals surface area contributed by atoms with Gasteiger partial charge in [-0.2, -0.15) is 0 Å². The second-order valence-electron chi connectivity index (χ2n) is 6.51. The maximum Gasteiger partial charge on any atom is 0.272 e. The molecular formula is C18H19ClN4O2S2. The van der Waals surface area contributed by atoms with Crippen molar-refractivity contribution >= 4 is 55.4 Å². The van der Waals surface area contributed by atoms with E-state index in [4.69, 9.17) is 11.6 Å². The molecule has 3 heterocycles. The summed E-state index contributed by atoms with van der Waals surface area (Å²) in [5.74, 6) is 1.12. The Hall–Kier alpha value is -1.87. The molecule has 1 N–H and O–H groups in total. The smallest absolute Gasteiger partial charge is 0.272 e. The fraction of sp³-hybridized carbons (Fsp3) is 0.278. The Morgan fingerprint density at radius 1 is 1.11 bits per heavy atom. The minimum Gasteiger partial charge on any atom is -0.353 e. The van der Waals surface area contributed by atoms with Crippen LogP contribution in [0.2, 0.25) is 4.34 Å². The summed E-state index contributed by atoms with van der Waals surface area (Å²) in [4.78, 5) is 9.14. The molecule has 0 bridgehead atoms. The number of aromatic nitrogens is 1. The minimum atomic E-state index is -3.72. The van der Waals surface area contributed by atoms with Crippen LogP contribution < -0.4 is 9.62 Å². The lowest BCUT2D eigenvalue weighted by Gasteiger charge is -2.34. The number of rotatable bonds is 4. The number of likely N-dealkylation sites (N-methyl/N-ethyl adjacent to an activating group) is 1. The first kappa shape index (κ1) is 18.5. The number of pyridine rings is 1. The van der Waals surface area contributed by atoms with E-state index in [0.29, 0.717) is 10.2 Å². The molecule has 1 aliphatic rings. The molecule has 9 heteroatoms. The third kappa shape index (κ3) is 3.89. The van der Waals surface area contributed by atoms with E-state index in [2.05, 4.69) is 26.6 Å². The summed E-state index contributed by atoms with van der Waals surface area (Å²) in [5.41, 5.74) is 0. The van der Waals surface area contributed by atoms with Gasteiger partial charge in [0.05, 0.1) is 4.34 Å². The van der Waals surface area contributed by atoms with Crippen molar-refractivity contribution in [3.8, 4) is 0 Å². The van der Waals surface area contributed by atoms with Crippen LogP contribution in [0.3, 0.4) is 0 Å². The average molecular weight is 423 g/mol. The molecule has 0 radical (unpaired) electrons. The number of halogens is 1. The molecule has 1 saturated heterocycles. The van der Waals surface area contributed by atoms with Gasteiger partial charge >= 0.3 is 0 Å². The highest BCUT2D eigenvalue weighted by atomic mass is 35.5. The second-order valence-corrected chi connectivity index (χ2v) is 10.1. The fourth-order valence-corrected chi connectivity index (χ4v) is 5.60. The summed E-state index contributed by atoms with van der Waals surface area (Å²) in [6.07, 6.45) is 0. The van der Waals surface area contributed by atoms with E-state index in [1.54, 1.807) is 12.1 Å². The lowest BCUT2D eigenvalue weighted by molar-refractivity contribution is 0.312. The Morgan fingerprint density at radius 2 is 1.85 bits per heavy atom. The van der Waals surface area contributed by atoms with E-state index in [1.807, 2.05) is 24.3 Å². The van der Waals surface area contributed by atoms with Crippen molar-refractivity contribution in [2.24, 2.45) is 0 Å². The molecule has 0 spiro atoms. The first-order chi connectivity index (χ1) is 12.9. The number of hydrogen-bond donors (Lipinski definition) is 1. The molecule has 3 aromatic rings. The zero-order valence-corrected chi connectivity index (χ0v) is 17.1. The number of nitrogens with one attached hydrogen (secondary N) is 1. The van der Waals surface area contributed by atoms with Gasteiger partial charge in [0.2, 0.25) is 0 Å². The topological polar surface area (TPSA) is 65.5 Å². The monoisotopic (exact) mass is 422 g/mol. The number of piperazine rings is 1. The Kier molecular flexibility index (Phi) is 4.98. The van der Waals surface area contributed by atoms with Crippen molar-refractivity contribution in [3.05, 3.63) is 46.8 Å². The number of benzene rings is 1. The number of fused-ring (bicyclic) bond motifs is 1. The van der Waals surface area contributed by atoms with Gasteiger partial charge in [0, 0.05) is 31.6 Å². The van der Waals surface area contributed by atoms with Gasteiger partial charge in [-0.05, 0) is 30.6 Å². The largest absolute Gasteiger partial charge is 0.353 e. The van der Waals surface area contributed by atoms with Gasteiger partial charge in [-0.25, -0.2) is 13.4 Å². The summed E-state index contributed by atoms with van der Waals surface area (Å²) in [6, 6.07) is 12.7. The maximum atomic E-state index is 12.7. The molecule has 6 nitrogen and oxygen atoms in total. The molecule has 0 atom stereocenters. The lowest BCUT2D eigenvalue weighted by atomic mass is 10.1. The Labute approximate surface area is 167 Å². The predicted molar refractivity (Wildman–Crippen MR) is 112 cm³/mol. The number of hydrogen-bond acceptors (Lipinski definition) is 6. The zero-order valence-electron chi connectivity index (χ0n) is 14.7. The average Bonchev–Trinajstić information content (AvgIpc) is 3.09. The number of anilines is 2. The molecule has 2 aromatic heterocycles. The van der Waals surface area contributed by atoms with E-state index in [9.17, 15) is 8.42 Å². The molecule has 0 unspecified atom stereocenters. The Bertz CT molecular complexity index is 1080. The summed E-state index contributed by atoms with van der Waals surface area (Å²) in [5, 5.41) is 1.97. The SMILES string of the molecule is CN1CCN(c2nc(NS(=O)(=O)c3ccc(Cl)s3)cc3ccccc23)CC1. The molecule has 0 amide bonds. The summed E-state index contributed by atoms with van der Waals surface area (Å²) in [7, 11) is -1.63. The van der Waals surface area contributed by atoms with Gasteiger partial charge in [-0.1, -0.05) is 35.9 Å². The number of thiophene rings is 1. The number of nitrogens with zero attached hydrogens (tertiary/aromatic N) is 3. The number of sulfonamides is 1. The van der Waals surface area contributed by atoms with E-state index >= 15 is 0 Å². The highest BCUT2D eigenvalue weighted by Gasteiger charge is 2.21. The van der Waals surface area contributed by atoms with Gasteiger partial charge in [0.1, 0.15) is 15.8 Å². The van der Waals surface area contributed by atoms with E-state index in [0.717, 1.165) is 54.1 Å². The molecule has 4 rings (SSSR count). The van der Waals surface area contributed by atoms with Gasteiger partial charge in [-0.15, -0.1) is 11.3 Å².